The first-order chi connectivity index (χ1) is 5.61. The molecule has 0 heterocycles. The molecule has 0 aromatic rings. The number of carbonyl (C=O) groups excluding carboxylic acids is 2. The SMILES string of the molecule is C=C(CC(=O)NN)C(=O)OCC. The van der Waals surface area contributed by atoms with E-state index in [1.165, 1.54) is 0 Å². The predicted octanol–water partition coefficient (Wildman–Crippen LogP) is -0.514. The van der Waals surface area contributed by atoms with Gasteiger partial charge in [0.25, 0.3) is 0 Å². The summed E-state index contributed by atoms with van der Waals surface area (Å²) in [5.74, 6) is 3.77. The van der Waals surface area contributed by atoms with Gasteiger partial charge in [-0.1, -0.05) is 6.58 Å². The Morgan fingerprint density at radius 1 is 1.58 bits per heavy atom. The maximum absolute atomic E-state index is 10.9. The van der Waals surface area contributed by atoms with Gasteiger partial charge in [-0.25, -0.2) is 10.6 Å². The number of rotatable bonds is 4. The molecule has 0 aromatic carbocycles. The lowest BCUT2D eigenvalue weighted by Crippen LogP contribution is -2.30. The molecule has 0 saturated heterocycles. The number of carbonyl (C=O) groups is 2. The summed E-state index contributed by atoms with van der Waals surface area (Å²) in [7, 11) is 0. The van der Waals surface area contributed by atoms with Gasteiger partial charge in [-0.3, -0.25) is 10.2 Å². The smallest absolute Gasteiger partial charge is 0.333 e. The number of amides is 1. The van der Waals surface area contributed by atoms with Crippen molar-refractivity contribution < 1.29 is 14.3 Å². The van der Waals surface area contributed by atoms with Crippen molar-refractivity contribution in [3.63, 3.8) is 0 Å². The van der Waals surface area contributed by atoms with Crippen molar-refractivity contribution in [2.45, 2.75) is 13.3 Å². The van der Waals surface area contributed by atoms with Gasteiger partial charge in [-0.15, -0.1) is 0 Å². The lowest BCUT2D eigenvalue weighted by atomic mass is 10.2. The first-order valence-electron chi connectivity index (χ1n) is 3.46. The van der Waals surface area contributed by atoms with Crippen molar-refractivity contribution >= 4 is 11.9 Å². The lowest BCUT2D eigenvalue weighted by Gasteiger charge is -2.03. The Morgan fingerprint density at radius 2 is 2.17 bits per heavy atom. The molecule has 0 unspecified atom stereocenters. The van der Waals surface area contributed by atoms with Crippen molar-refractivity contribution in [3.05, 3.63) is 12.2 Å². The van der Waals surface area contributed by atoms with Crippen LogP contribution >= 0.6 is 0 Å². The monoisotopic (exact) mass is 172 g/mol. The molecule has 0 rings (SSSR count). The van der Waals surface area contributed by atoms with Gasteiger partial charge in [0.15, 0.2) is 0 Å². The number of hydrazine groups is 1. The van der Waals surface area contributed by atoms with Gasteiger partial charge in [-0.05, 0) is 6.92 Å². The first kappa shape index (κ1) is 10.6. The zero-order valence-electron chi connectivity index (χ0n) is 6.92. The van der Waals surface area contributed by atoms with E-state index in [0.717, 1.165) is 0 Å². The molecule has 0 saturated carbocycles. The number of nitrogens with one attached hydrogen (secondary N) is 1. The summed E-state index contributed by atoms with van der Waals surface area (Å²) in [6.45, 7) is 5.31. The maximum Gasteiger partial charge on any atom is 0.333 e. The van der Waals surface area contributed by atoms with Crippen molar-refractivity contribution in [2.24, 2.45) is 5.84 Å². The molecule has 0 aromatic heterocycles. The lowest BCUT2D eigenvalue weighted by molar-refractivity contribution is -0.139. The number of hydrogen-bond donors (Lipinski definition) is 2. The van der Waals surface area contributed by atoms with Crippen LogP contribution in [0.15, 0.2) is 12.2 Å². The van der Waals surface area contributed by atoms with E-state index in [0.29, 0.717) is 0 Å². The fourth-order valence-corrected chi connectivity index (χ4v) is 0.550. The fraction of sp³-hybridized carbons (Fsp3) is 0.429. The highest BCUT2D eigenvalue weighted by molar-refractivity contribution is 5.94. The average molecular weight is 172 g/mol. The Hall–Kier alpha value is -1.36. The van der Waals surface area contributed by atoms with Gasteiger partial charge in [-0.2, -0.15) is 0 Å². The summed E-state index contributed by atoms with van der Waals surface area (Å²) in [5, 5.41) is 0. The van der Waals surface area contributed by atoms with Crippen LogP contribution < -0.4 is 11.3 Å². The minimum Gasteiger partial charge on any atom is -0.463 e. The van der Waals surface area contributed by atoms with E-state index in [1.54, 1.807) is 6.92 Å². The fourth-order valence-electron chi connectivity index (χ4n) is 0.550. The summed E-state index contributed by atoms with van der Waals surface area (Å²) in [4.78, 5) is 21.5. The topological polar surface area (TPSA) is 81.4 Å². The van der Waals surface area contributed by atoms with Gasteiger partial charge in [0, 0.05) is 5.57 Å². The minimum absolute atomic E-state index is 0.0970. The molecule has 12 heavy (non-hydrogen) atoms. The van der Waals surface area contributed by atoms with Gasteiger partial charge >= 0.3 is 5.97 Å². The van der Waals surface area contributed by atoms with E-state index in [9.17, 15) is 9.59 Å². The molecule has 5 nitrogen and oxygen atoms in total. The Labute approximate surface area is 70.5 Å². The highest BCUT2D eigenvalue weighted by Gasteiger charge is 2.10. The standard InChI is InChI=1S/C7H12N2O3/c1-3-12-7(11)5(2)4-6(10)9-8/h2-4,8H2,1H3,(H,9,10). The minimum atomic E-state index is -0.568. The van der Waals surface area contributed by atoms with E-state index in [2.05, 4.69) is 11.3 Å². The van der Waals surface area contributed by atoms with Gasteiger partial charge in [0.2, 0.25) is 5.91 Å². The summed E-state index contributed by atoms with van der Waals surface area (Å²) >= 11 is 0. The highest BCUT2D eigenvalue weighted by atomic mass is 16.5. The molecule has 68 valence electrons. The number of esters is 1. The molecule has 0 radical (unpaired) electrons. The molecule has 0 aliphatic carbocycles. The highest BCUT2D eigenvalue weighted by Crippen LogP contribution is 1.99. The molecular formula is C7H12N2O3. The van der Waals surface area contributed by atoms with Gasteiger partial charge < -0.3 is 4.74 Å². The Morgan fingerprint density at radius 3 is 2.58 bits per heavy atom. The summed E-state index contributed by atoms with van der Waals surface area (Å²) in [5.41, 5.74) is 1.98. The number of ether oxygens (including phenoxy) is 1. The Balaban J connectivity index is 3.87. The molecule has 0 aliphatic rings. The average Bonchev–Trinajstić information content (AvgIpc) is 2.04. The second-order valence-electron chi connectivity index (χ2n) is 2.07. The van der Waals surface area contributed by atoms with Gasteiger partial charge in [0.05, 0.1) is 13.0 Å². The quantitative estimate of drug-likeness (QED) is 0.197. The van der Waals surface area contributed by atoms with Crippen molar-refractivity contribution in [3.8, 4) is 0 Å². The normalized spacial score (nSPS) is 8.83. The van der Waals surface area contributed by atoms with Crippen LogP contribution in [0.2, 0.25) is 0 Å². The van der Waals surface area contributed by atoms with Crippen LogP contribution in [-0.2, 0) is 14.3 Å². The molecule has 1 amide bonds. The largest absolute Gasteiger partial charge is 0.463 e. The third-order valence-corrected chi connectivity index (χ3v) is 1.10. The zero-order valence-corrected chi connectivity index (χ0v) is 6.92. The van der Waals surface area contributed by atoms with Crippen LogP contribution in [-0.4, -0.2) is 18.5 Å². The molecule has 0 spiro atoms. The van der Waals surface area contributed by atoms with E-state index in [1.807, 2.05) is 5.43 Å². The zero-order chi connectivity index (χ0) is 9.56. The molecule has 0 fully saturated rings. The van der Waals surface area contributed by atoms with Gasteiger partial charge in [0.1, 0.15) is 0 Å². The summed E-state index contributed by atoms with van der Waals surface area (Å²) < 4.78 is 4.59. The second-order valence-corrected chi connectivity index (χ2v) is 2.07. The molecule has 5 heteroatoms. The molecule has 3 N–H and O–H groups in total. The predicted molar refractivity (Wildman–Crippen MR) is 42.7 cm³/mol. The first-order valence-corrected chi connectivity index (χ1v) is 3.46. The van der Waals surface area contributed by atoms with E-state index in [4.69, 9.17) is 5.84 Å². The summed E-state index contributed by atoms with van der Waals surface area (Å²) in [6, 6.07) is 0. The molecule has 0 aliphatic heterocycles. The second kappa shape index (κ2) is 5.31. The van der Waals surface area contributed by atoms with Crippen LogP contribution in [0.25, 0.3) is 0 Å². The van der Waals surface area contributed by atoms with E-state index in [-0.39, 0.29) is 18.6 Å². The Kier molecular flexibility index (Phi) is 4.71. The third-order valence-electron chi connectivity index (χ3n) is 1.10. The van der Waals surface area contributed by atoms with Crippen LogP contribution in [0.4, 0.5) is 0 Å². The molecule has 0 bridgehead atoms. The van der Waals surface area contributed by atoms with Crippen LogP contribution in [0.3, 0.4) is 0 Å². The number of nitrogens with two attached hydrogens (primary N) is 1. The maximum atomic E-state index is 10.9. The molecular weight excluding hydrogens is 160 g/mol. The van der Waals surface area contributed by atoms with Crippen LogP contribution in [0.1, 0.15) is 13.3 Å². The van der Waals surface area contributed by atoms with Crippen molar-refractivity contribution in [1.82, 2.24) is 5.43 Å². The van der Waals surface area contributed by atoms with Crippen molar-refractivity contribution in [2.75, 3.05) is 6.61 Å². The number of hydrogen-bond acceptors (Lipinski definition) is 4. The van der Waals surface area contributed by atoms with E-state index >= 15 is 0 Å². The third kappa shape index (κ3) is 3.72. The van der Waals surface area contributed by atoms with Crippen molar-refractivity contribution in [1.29, 1.82) is 0 Å². The van der Waals surface area contributed by atoms with Crippen LogP contribution in [0, 0.1) is 0 Å². The van der Waals surface area contributed by atoms with Crippen LogP contribution in [0.5, 0.6) is 0 Å². The Bertz CT molecular complexity index is 201. The summed E-state index contributed by atoms with van der Waals surface area (Å²) in [6.07, 6.45) is -0.130. The molecule has 0 atom stereocenters. The van der Waals surface area contributed by atoms with E-state index < -0.39 is 11.9 Å².